The lowest BCUT2D eigenvalue weighted by molar-refractivity contribution is 1.26. The summed E-state index contributed by atoms with van der Waals surface area (Å²) in [6.45, 7) is 21.9. The highest BCUT2D eigenvalue weighted by atomic mass is 28.3. The Balaban J connectivity index is 4.94. The summed E-state index contributed by atoms with van der Waals surface area (Å²) in [5, 5.41) is 0. The average Bonchev–Trinajstić information content (AvgIpc) is 1.96. The van der Waals surface area contributed by atoms with E-state index in [4.69, 9.17) is 0 Å². The van der Waals surface area contributed by atoms with E-state index >= 15 is 0 Å². The van der Waals surface area contributed by atoms with E-state index in [1.807, 2.05) is 0 Å². The predicted octanol–water partition coefficient (Wildman–Crippen LogP) is 5.56. The standard InChI is InChI=1S/C14H32Si3/c1-15(2,3)12-10-14(17(7,8)9)11-13-16(4,5)6/h10-14H,1-9H3/b12-10+,13-11+. The minimum atomic E-state index is -1.12. The van der Waals surface area contributed by atoms with Crippen LogP contribution in [0.3, 0.4) is 0 Å². The number of hydrogen-bond donors (Lipinski definition) is 0. The van der Waals surface area contributed by atoms with Gasteiger partial charge in [-0.05, 0) is 5.54 Å². The molecule has 0 amide bonds. The van der Waals surface area contributed by atoms with Crippen molar-refractivity contribution in [3.8, 4) is 0 Å². The molecule has 0 saturated carbocycles. The molecule has 0 heterocycles. The molecule has 0 bridgehead atoms. The van der Waals surface area contributed by atoms with Crippen molar-refractivity contribution in [2.45, 2.75) is 64.5 Å². The van der Waals surface area contributed by atoms with Crippen LogP contribution in [0.1, 0.15) is 0 Å². The predicted molar refractivity (Wildman–Crippen MR) is 92.1 cm³/mol. The summed E-state index contributed by atoms with van der Waals surface area (Å²) in [7, 11) is -3.22. The van der Waals surface area contributed by atoms with Crippen molar-refractivity contribution in [1.82, 2.24) is 0 Å². The quantitative estimate of drug-likeness (QED) is 0.580. The van der Waals surface area contributed by atoms with Gasteiger partial charge in [0.25, 0.3) is 0 Å². The van der Waals surface area contributed by atoms with Gasteiger partial charge in [0, 0.05) is 0 Å². The van der Waals surface area contributed by atoms with Gasteiger partial charge in [0.05, 0.1) is 24.2 Å². The first-order valence-electron chi connectivity index (χ1n) is 6.70. The molecular weight excluding hydrogens is 252 g/mol. The van der Waals surface area contributed by atoms with Crippen LogP contribution in [0.2, 0.25) is 64.5 Å². The second kappa shape index (κ2) is 5.85. The number of hydrogen-bond acceptors (Lipinski definition) is 0. The van der Waals surface area contributed by atoms with Crippen LogP contribution >= 0.6 is 0 Å². The maximum absolute atomic E-state index is 2.52. The Bertz CT molecular complexity index is 258. The minimum absolute atomic E-state index is 0.709. The van der Waals surface area contributed by atoms with E-state index in [0.717, 1.165) is 0 Å². The average molecular weight is 285 g/mol. The van der Waals surface area contributed by atoms with Crippen molar-refractivity contribution in [1.29, 1.82) is 0 Å². The molecule has 0 radical (unpaired) electrons. The lowest BCUT2D eigenvalue weighted by atomic mass is 10.4. The zero-order chi connectivity index (χ0) is 13.9. The van der Waals surface area contributed by atoms with Gasteiger partial charge in [0.15, 0.2) is 0 Å². The highest BCUT2D eigenvalue weighted by molar-refractivity contribution is 6.82. The summed E-state index contributed by atoms with van der Waals surface area (Å²) >= 11 is 0. The molecule has 0 aromatic rings. The molecule has 0 nitrogen and oxygen atoms in total. The molecule has 0 N–H and O–H groups in total. The zero-order valence-corrected chi connectivity index (χ0v) is 16.4. The summed E-state index contributed by atoms with van der Waals surface area (Å²) in [5.41, 5.74) is 5.75. The molecule has 0 aliphatic heterocycles. The third kappa shape index (κ3) is 9.80. The molecule has 0 atom stereocenters. The van der Waals surface area contributed by atoms with Crippen molar-refractivity contribution in [2.24, 2.45) is 0 Å². The molecular formula is C14H32Si3. The van der Waals surface area contributed by atoms with Crippen LogP contribution in [0.15, 0.2) is 23.6 Å². The first kappa shape index (κ1) is 17.1. The van der Waals surface area contributed by atoms with Gasteiger partial charge in [-0.2, -0.15) is 0 Å². The van der Waals surface area contributed by atoms with Crippen molar-refractivity contribution >= 4 is 24.2 Å². The van der Waals surface area contributed by atoms with Gasteiger partial charge in [-0.25, -0.2) is 0 Å². The summed E-state index contributed by atoms with van der Waals surface area (Å²) in [4.78, 5) is 0. The largest absolute Gasteiger partial charge is 0.0986 e. The van der Waals surface area contributed by atoms with Gasteiger partial charge >= 0.3 is 0 Å². The number of allylic oxidation sites excluding steroid dienone is 2. The smallest absolute Gasteiger partial charge is 0.0682 e. The van der Waals surface area contributed by atoms with Crippen LogP contribution < -0.4 is 0 Å². The number of rotatable bonds is 5. The van der Waals surface area contributed by atoms with E-state index in [-0.39, 0.29) is 0 Å². The highest BCUT2D eigenvalue weighted by Gasteiger charge is 2.23. The Hall–Kier alpha value is 0.131. The van der Waals surface area contributed by atoms with Crippen LogP contribution in [-0.4, -0.2) is 24.2 Å². The van der Waals surface area contributed by atoms with E-state index in [1.165, 1.54) is 0 Å². The van der Waals surface area contributed by atoms with Gasteiger partial charge in [-0.3, -0.25) is 0 Å². The lowest BCUT2D eigenvalue weighted by Crippen LogP contribution is -2.27. The second-order valence-electron chi connectivity index (χ2n) is 8.34. The fraction of sp³-hybridized carbons (Fsp3) is 0.714. The Labute approximate surface area is 112 Å². The fourth-order valence-electron chi connectivity index (χ4n) is 1.43. The molecule has 0 unspecified atom stereocenters. The SMILES string of the molecule is C[Si](C)(C)/C=C/C(/C=C/[Si](C)(C)C)[Si](C)(C)C. The topological polar surface area (TPSA) is 0 Å². The van der Waals surface area contributed by atoms with E-state index < -0.39 is 24.2 Å². The van der Waals surface area contributed by atoms with Gasteiger partial charge in [-0.15, -0.1) is 0 Å². The Morgan fingerprint density at radius 1 is 0.588 bits per heavy atom. The van der Waals surface area contributed by atoms with Crippen LogP contribution in [0.5, 0.6) is 0 Å². The summed E-state index contributed by atoms with van der Waals surface area (Å²) < 4.78 is 0. The monoisotopic (exact) mass is 284 g/mol. The maximum Gasteiger partial charge on any atom is 0.0682 e. The Morgan fingerprint density at radius 3 is 1.06 bits per heavy atom. The molecule has 0 spiro atoms. The van der Waals surface area contributed by atoms with Crippen molar-refractivity contribution in [3.63, 3.8) is 0 Å². The van der Waals surface area contributed by atoms with E-state index in [9.17, 15) is 0 Å². The van der Waals surface area contributed by atoms with E-state index in [1.54, 1.807) is 0 Å². The van der Waals surface area contributed by atoms with Crippen LogP contribution in [0.4, 0.5) is 0 Å². The molecule has 0 saturated heterocycles. The molecule has 0 aromatic heterocycles. The molecule has 100 valence electrons. The van der Waals surface area contributed by atoms with Gasteiger partial charge in [0.2, 0.25) is 0 Å². The second-order valence-corrected chi connectivity index (χ2v) is 23.9. The van der Waals surface area contributed by atoms with Crippen LogP contribution in [0, 0.1) is 0 Å². The Morgan fingerprint density at radius 2 is 0.882 bits per heavy atom. The molecule has 17 heavy (non-hydrogen) atoms. The Kier molecular flexibility index (Phi) is 5.89. The van der Waals surface area contributed by atoms with Crippen molar-refractivity contribution < 1.29 is 0 Å². The van der Waals surface area contributed by atoms with E-state index in [2.05, 4.69) is 82.5 Å². The minimum Gasteiger partial charge on any atom is -0.0986 e. The third-order valence-electron chi connectivity index (χ3n) is 2.61. The molecule has 0 aliphatic carbocycles. The normalized spacial score (nSPS) is 15.4. The fourth-order valence-corrected chi connectivity index (χ4v) is 4.73. The summed E-state index contributed by atoms with van der Waals surface area (Å²) in [6, 6.07) is 0. The maximum atomic E-state index is 2.52. The van der Waals surface area contributed by atoms with Gasteiger partial charge < -0.3 is 0 Å². The summed E-state index contributed by atoms with van der Waals surface area (Å²) in [5.74, 6) is 0. The first-order valence-corrected chi connectivity index (χ1v) is 17.4. The van der Waals surface area contributed by atoms with Crippen molar-refractivity contribution in [3.05, 3.63) is 23.6 Å². The summed E-state index contributed by atoms with van der Waals surface area (Å²) in [6.07, 6.45) is 5.02. The first-order chi connectivity index (χ1) is 7.31. The molecule has 0 fully saturated rings. The lowest BCUT2D eigenvalue weighted by Gasteiger charge is -2.25. The molecule has 0 aromatic carbocycles. The van der Waals surface area contributed by atoms with Gasteiger partial charge in [0.1, 0.15) is 0 Å². The van der Waals surface area contributed by atoms with Crippen LogP contribution in [-0.2, 0) is 0 Å². The molecule has 0 aliphatic rings. The van der Waals surface area contributed by atoms with Crippen LogP contribution in [0.25, 0.3) is 0 Å². The highest BCUT2D eigenvalue weighted by Crippen LogP contribution is 2.26. The molecule has 3 heteroatoms. The third-order valence-corrected chi connectivity index (χ3v) is 7.38. The van der Waals surface area contributed by atoms with Crippen molar-refractivity contribution in [2.75, 3.05) is 0 Å². The van der Waals surface area contributed by atoms with Gasteiger partial charge in [-0.1, -0.05) is 82.5 Å². The zero-order valence-electron chi connectivity index (χ0n) is 13.4. The molecule has 0 rings (SSSR count). The van der Waals surface area contributed by atoms with E-state index in [0.29, 0.717) is 5.54 Å².